The quantitative estimate of drug-likeness (QED) is 0.583. The van der Waals surface area contributed by atoms with Gasteiger partial charge in [-0.05, 0) is 32.1 Å². The molecule has 0 aliphatic heterocycles. The maximum absolute atomic E-state index is 10.9. The maximum atomic E-state index is 10.9. The first kappa shape index (κ1) is 17.2. The van der Waals surface area contributed by atoms with Crippen molar-refractivity contribution in [2.24, 2.45) is 0 Å². The minimum absolute atomic E-state index is 0.111. The van der Waals surface area contributed by atoms with Crippen molar-refractivity contribution in [1.82, 2.24) is 5.32 Å². The molecule has 0 rings (SSSR count). The van der Waals surface area contributed by atoms with Gasteiger partial charge in [0.1, 0.15) is 9.84 Å². The first-order chi connectivity index (χ1) is 7.83. The normalized spacial score (nSPS) is 15.8. The van der Waals surface area contributed by atoms with E-state index < -0.39 is 9.84 Å². The molecule has 0 aromatic heterocycles. The van der Waals surface area contributed by atoms with Gasteiger partial charge in [-0.3, -0.25) is 0 Å². The van der Waals surface area contributed by atoms with Gasteiger partial charge in [0.25, 0.3) is 0 Å². The second kappa shape index (κ2) is 8.34. The lowest BCUT2D eigenvalue weighted by Gasteiger charge is -2.28. The zero-order chi connectivity index (χ0) is 13.4. The van der Waals surface area contributed by atoms with Crippen LogP contribution in [0.5, 0.6) is 0 Å². The molecule has 0 aliphatic carbocycles. The fourth-order valence-corrected chi connectivity index (χ4v) is 3.74. The van der Waals surface area contributed by atoms with Crippen molar-refractivity contribution in [1.29, 1.82) is 0 Å². The Balaban J connectivity index is 3.76. The predicted octanol–water partition coefficient (Wildman–Crippen LogP) is 0.905. The third kappa shape index (κ3) is 9.88. The molecule has 0 saturated carbocycles. The lowest BCUT2D eigenvalue weighted by molar-refractivity contribution is 0.171. The Morgan fingerprint density at radius 3 is 2.47 bits per heavy atom. The summed E-state index contributed by atoms with van der Waals surface area (Å²) in [5, 5.41) is 12.7. The molecule has 0 fully saturated rings. The van der Waals surface area contributed by atoms with E-state index in [9.17, 15) is 13.5 Å². The van der Waals surface area contributed by atoms with E-state index in [-0.39, 0.29) is 17.9 Å². The summed E-state index contributed by atoms with van der Waals surface area (Å²) in [5.41, 5.74) is -0.242. The molecule has 0 saturated heterocycles. The fraction of sp³-hybridized carbons (Fsp3) is 1.00. The molecule has 0 aliphatic rings. The summed E-state index contributed by atoms with van der Waals surface area (Å²) in [4.78, 5) is 0. The smallest absolute Gasteiger partial charge is 0.148 e. The molecule has 1 atom stereocenters. The minimum atomic E-state index is -2.85. The molecule has 1 unspecified atom stereocenters. The summed E-state index contributed by atoms with van der Waals surface area (Å²) in [5.74, 6) is 1.73. The zero-order valence-electron chi connectivity index (χ0n) is 11.0. The first-order valence-electron chi connectivity index (χ1n) is 5.94. The number of hydrogen-bond acceptors (Lipinski definition) is 5. The van der Waals surface area contributed by atoms with Gasteiger partial charge in [-0.1, -0.05) is 6.92 Å². The maximum Gasteiger partial charge on any atom is 0.148 e. The standard InChI is InChI=1S/C11H25NO3S2/c1-4-6-12-11(2,10-13)5-7-16-8-9-17(3,14)15/h12-13H,4-10H2,1-3H3. The molecule has 4 nitrogen and oxygen atoms in total. The molecule has 0 amide bonds. The van der Waals surface area contributed by atoms with Gasteiger partial charge < -0.3 is 10.4 Å². The van der Waals surface area contributed by atoms with Crippen LogP contribution in [0.4, 0.5) is 0 Å². The Morgan fingerprint density at radius 1 is 1.35 bits per heavy atom. The first-order valence-corrected chi connectivity index (χ1v) is 9.16. The monoisotopic (exact) mass is 283 g/mol. The molecule has 0 heterocycles. The Hall–Kier alpha value is 0.220. The van der Waals surface area contributed by atoms with E-state index in [0.717, 1.165) is 25.1 Å². The van der Waals surface area contributed by atoms with E-state index in [2.05, 4.69) is 12.2 Å². The predicted molar refractivity (Wildman–Crippen MR) is 75.4 cm³/mol. The number of sulfone groups is 1. The van der Waals surface area contributed by atoms with Crippen molar-refractivity contribution in [3.63, 3.8) is 0 Å². The second-order valence-electron chi connectivity index (χ2n) is 4.64. The fourth-order valence-electron chi connectivity index (χ4n) is 1.26. The van der Waals surface area contributed by atoms with Crippen molar-refractivity contribution in [2.45, 2.75) is 32.2 Å². The van der Waals surface area contributed by atoms with E-state index in [1.54, 1.807) is 11.8 Å². The SMILES string of the molecule is CCCNC(C)(CO)CCSCCS(C)(=O)=O. The van der Waals surface area contributed by atoms with Gasteiger partial charge in [-0.25, -0.2) is 8.42 Å². The van der Waals surface area contributed by atoms with Crippen LogP contribution in [0.25, 0.3) is 0 Å². The van der Waals surface area contributed by atoms with Crippen molar-refractivity contribution in [3.8, 4) is 0 Å². The minimum Gasteiger partial charge on any atom is -0.394 e. The highest BCUT2D eigenvalue weighted by atomic mass is 32.2. The van der Waals surface area contributed by atoms with Crippen molar-refractivity contribution in [3.05, 3.63) is 0 Å². The Morgan fingerprint density at radius 2 is 2.00 bits per heavy atom. The summed E-state index contributed by atoms with van der Waals surface area (Å²) >= 11 is 1.63. The van der Waals surface area contributed by atoms with Crippen LogP contribution in [0.2, 0.25) is 0 Å². The summed E-state index contributed by atoms with van der Waals surface area (Å²) < 4.78 is 21.8. The zero-order valence-corrected chi connectivity index (χ0v) is 12.7. The summed E-state index contributed by atoms with van der Waals surface area (Å²) in [6.07, 6.45) is 3.14. The number of nitrogens with one attached hydrogen (secondary N) is 1. The van der Waals surface area contributed by atoms with Gasteiger partial charge in [0.2, 0.25) is 0 Å². The Kier molecular flexibility index (Phi) is 8.45. The van der Waals surface area contributed by atoms with E-state index in [4.69, 9.17) is 0 Å². The molecule has 0 bridgehead atoms. The van der Waals surface area contributed by atoms with Gasteiger partial charge in [-0.15, -0.1) is 0 Å². The molecule has 0 spiro atoms. The van der Waals surface area contributed by atoms with Gasteiger partial charge in [0.05, 0.1) is 12.4 Å². The average molecular weight is 283 g/mol. The van der Waals surface area contributed by atoms with Gasteiger partial charge in [-0.2, -0.15) is 11.8 Å². The van der Waals surface area contributed by atoms with Crippen LogP contribution >= 0.6 is 11.8 Å². The van der Waals surface area contributed by atoms with E-state index in [1.165, 1.54) is 6.26 Å². The molecule has 17 heavy (non-hydrogen) atoms. The van der Waals surface area contributed by atoms with Crippen LogP contribution in [0.15, 0.2) is 0 Å². The van der Waals surface area contributed by atoms with Crippen LogP contribution < -0.4 is 5.32 Å². The van der Waals surface area contributed by atoms with Gasteiger partial charge in [0, 0.05) is 17.5 Å². The Bertz CT molecular complexity index is 293. The molecule has 0 radical (unpaired) electrons. The average Bonchev–Trinajstić information content (AvgIpc) is 2.24. The summed E-state index contributed by atoms with van der Waals surface area (Å²) in [6, 6.07) is 0. The highest BCUT2D eigenvalue weighted by molar-refractivity contribution is 8.00. The summed E-state index contributed by atoms with van der Waals surface area (Å²) in [6.45, 7) is 5.09. The molecule has 0 aromatic rings. The topological polar surface area (TPSA) is 66.4 Å². The number of hydrogen-bond donors (Lipinski definition) is 2. The third-order valence-electron chi connectivity index (χ3n) is 2.55. The molecule has 104 valence electrons. The number of rotatable bonds is 10. The highest BCUT2D eigenvalue weighted by Gasteiger charge is 2.21. The van der Waals surface area contributed by atoms with E-state index in [1.807, 2.05) is 6.92 Å². The van der Waals surface area contributed by atoms with Crippen LogP contribution in [0, 0.1) is 0 Å². The van der Waals surface area contributed by atoms with Gasteiger partial charge in [0.15, 0.2) is 0 Å². The van der Waals surface area contributed by atoms with E-state index in [0.29, 0.717) is 5.75 Å². The van der Waals surface area contributed by atoms with Crippen LogP contribution in [0.1, 0.15) is 26.7 Å². The van der Waals surface area contributed by atoms with Crippen molar-refractivity contribution < 1.29 is 13.5 Å². The van der Waals surface area contributed by atoms with Crippen LogP contribution in [-0.4, -0.2) is 55.7 Å². The molecule has 0 aromatic carbocycles. The number of aliphatic hydroxyl groups excluding tert-OH is 1. The highest BCUT2D eigenvalue weighted by Crippen LogP contribution is 2.14. The summed E-state index contributed by atoms with van der Waals surface area (Å²) in [7, 11) is -2.85. The van der Waals surface area contributed by atoms with Crippen molar-refractivity contribution >= 4 is 21.6 Å². The number of thioether (sulfide) groups is 1. The van der Waals surface area contributed by atoms with Gasteiger partial charge >= 0.3 is 0 Å². The molecular formula is C11H25NO3S2. The number of aliphatic hydroxyl groups is 1. The Labute approximate surface area is 109 Å². The van der Waals surface area contributed by atoms with Crippen LogP contribution in [-0.2, 0) is 9.84 Å². The lowest BCUT2D eigenvalue weighted by atomic mass is 10.0. The lowest BCUT2D eigenvalue weighted by Crippen LogP contribution is -2.46. The van der Waals surface area contributed by atoms with Crippen molar-refractivity contribution in [2.75, 3.05) is 36.7 Å². The van der Waals surface area contributed by atoms with Crippen LogP contribution in [0.3, 0.4) is 0 Å². The molecule has 2 N–H and O–H groups in total. The third-order valence-corrected chi connectivity index (χ3v) is 4.74. The van der Waals surface area contributed by atoms with E-state index >= 15 is 0 Å². The molecule has 6 heteroatoms. The largest absolute Gasteiger partial charge is 0.394 e. The molecular weight excluding hydrogens is 258 g/mol. The second-order valence-corrected chi connectivity index (χ2v) is 8.12.